The van der Waals surface area contributed by atoms with Gasteiger partial charge in [0.15, 0.2) is 0 Å². The van der Waals surface area contributed by atoms with Crippen LogP contribution >= 0.6 is 0 Å². The Balaban J connectivity index is 2.50. The van der Waals surface area contributed by atoms with E-state index in [2.05, 4.69) is 5.32 Å². The fraction of sp³-hybridized carbons (Fsp3) is 0.375. The zero-order valence-electron chi connectivity index (χ0n) is 6.37. The van der Waals surface area contributed by atoms with Gasteiger partial charge >= 0.3 is 0 Å². The predicted molar refractivity (Wildman–Crippen MR) is 42.1 cm³/mol. The molecule has 0 saturated heterocycles. The van der Waals surface area contributed by atoms with Crippen molar-refractivity contribution in [2.45, 2.75) is 19.4 Å². The highest BCUT2D eigenvalue weighted by atomic mass is 16.3. The summed E-state index contributed by atoms with van der Waals surface area (Å²) >= 11 is 0. The van der Waals surface area contributed by atoms with Gasteiger partial charge in [0.1, 0.15) is 5.76 Å². The van der Waals surface area contributed by atoms with Crippen LogP contribution in [0.3, 0.4) is 0 Å². The number of amides is 1. The molecule has 0 radical (unpaired) electrons. The van der Waals surface area contributed by atoms with Crippen molar-refractivity contribution < 1.29 is 9.90 Å². The molecule has 1 atom stereocenters. The summed E-state index contributed by atoms with van der Waals surface area (Å²) < 4.78 is 0. The first-order valence-electron chi connectivity index (χ1n) is 3.53. The van der Waals surface area contributed by atoms with Crippen LogP contribution in [0, 0.1) is 0 Å². The van der Waals surface area contributed by atoms with Crippen LogP contribution in [0.15, 0.2) is 24.0 Å². The first-order valence-corrected chi connectivity index (χ1v) is 3.53. The Morgan fingerprint density at radius 2 is 2.55 bits per heavy atom. The van der Waals surface area contributed by atoms with Crippen molar-refractivity contribution in [1.29, 1.82) is 0 Å². The van der Waals surface area contributed by atoms with E-state index < -0.39 is 0 Å². The molecule has 3 heteroatoms. The maximum absolute atomic E-state index is 10.6. The standard InChI is InChI=1S/C8H11NO2/c1-6(10)9-7-3-2-4-8(11)5-7/h2,4-5,7,11H,3H2,1H3,(H,9,10). The molecule has 0 aliphatic heterocycles. The van der Waals surface area contributed by atoms with Crippen molar-refractivity contribution in [1.82, 2.24) is 5.32 Å². The first kappa shape index (κ1) is 7.85. The van der Waals surface area contributed by atoms with Crippen LogP contribution in [-0.4, -0.2) is 17.1 Å². The molecule has 1 rings (SSSR count). The third-order valence-electron chi connectivity index (χ3n) is 1.44. The zero-order valence-corrected chi connectivity index (χ0v) is 6.37. The quantitative estimate of drug-likeness (QED) is 0.587. The Morgan fingerprint density at radius 3 is 3.09 bits per heavy atom. The molecule has 0 fully saturated rings. The molecule has 3 nitrogen and oxygen atoms in total. The Hall–Kier alpha value is -1.25. The second-order valence-electron chi connectivity index (χ2n) is 2.54. The number of carbonyl (C=O) groups is 1. The number of carbonyl (C=O) groups excluding carboxylic acids is 1. The molecule has 0 aromatic rings. The monoisotopic (exact) mass is 153 g/mol. The van der Waals surface area contributed by atoms with Gasteiger partial charge in [-0.05, 0) is 18.6 Å². The minimum atomic E-state index is -0.0747. The molecule has 1 amide bonds. The van der Waals surface area contributed by atoms with Crippen molar-refractivity contribution >= 4 is 5.91 Å². The fourth-order valence-electron chi connectivity index (χ4n) is 1.03. The van der Waals surface area contributed by atoms with Gasteiger partial charge in [-0.3, -0.25) is 4.79 Å². The number of allylic oxidation sites excluding steroid dienone is 1. The van der Waals surface area contributed by atoms with Crippen LogP contribution in [0.2, 0.25) is 0 Å². The van der Waals surface area contributed by atoms with Crippen molar-refractivity contribution in [3.63, 3.8) is 0 Å². The zero-order chi connectivity index (χ0) is 8.27. The third kappa shape index (κ3) is 2.45. The molecule has 0 spiro atoms. The lowest BCUT2D eigenvalue weighted by molar-refractivity contribution is -0.119. The van der Waals surface area contributed by atoms with Crippen molar-refractivity contribution in [2.75, 3.05) is 0 Å². The first-order chi connectivity index (χ1) is 5.18. The van der Waals surface area contributed by atoms with Crippen molar-refractivity contribution in [3.8, 4) is 0 Å². The van der Waals surface area contributed by atoms with Crippen LogP contribution in [0.4, 0.5) is 0 Å². The van der Waals surface area contributed by atoms with Crippen LogP contribution in [0.25, 0.3) is 0 Å². The third-order valence-corrected chi connectivity index (χ3v) is 1.44. The van der Waals surface area contributed by atoms with Gasteiger partial charge in [-0.15, -0.1) is 0 Å². The van der Waals surface area contributed by atoms with E-state index in [1.165, 1.54) is 6.92 Å². The van der Waals surface area contributed by atoms with E-state index in [0.29, 0.717) is 0 Å². The Bertz CT molecular complexity index is 218. The van der Waals surface area contributed by atoms with E-state index in [-0.39, 0.29) is 17.7 Å². The van der Waals surface area contributed by atoms with Gasteiger partial charge in [0, 0.05) is 6.92 Å². The van der Waals surface area contributed by atoms with E-state index in [4.69, 9.17) is 5.11 Å². The second kappa shape index (κ2) is 3.23. The molecule has 2 N–H and O–H groups in total. The van der Waals surface area contributed by atoms with E-state index in [0.717, 1.165) is 6.42 Å². The molecule has 0 bridgehead atoms. The largest absolute Gasteiger partial charge is 0.508 e. The number of hydrogen-bond acceptors (Lipinski definition) is 2. The van der Waals surface area contributed by atoms with E-state index in [1.54, 1.807) is 12.2 Å². The molecule has 60 valence electrons. The molecule has 0 heterocycles. The molecule has 11 heavy (non-hydrogen) atoms. The average molecular weight is 153 g/mol. The lowest BCUT2D eigenvalue weighted by Gasteiger charge is -2.14. The SMILES string of the molecule is CC(=O)NC1C=C(O)C=CC1. The fourth-order valence-corrected chi connectivity index (χ4v) is 1.03. The Morgan fingerprint density at radius 1 is 1.82 bits per heavy atom. The molecule has 1 aliphatic carbocycles. The smallest absolute Gasteiger partial charge is 0.217 e. The topological polar surface area (TPSA) is 49.3 Å². The number of aliphatic hydroxyl groups excluding tert-OH is 1. The Labute approximate surface area is 65.4 Å². The van der Waals surface area contributed by atoms with Crippen LogP contribution in [-0.2, 0) is 4.79 Å². The van der Waals surface area contributed by atoms with Crippen LogP contribution in [0.1, 0.15) is 13.3 Å². The van der Waals surface area contributed by atoms with Gasteiger partial charge < -0.3 is 10.4 Å². The maximum atomic E-state index is 10.6. The average Bonchev–Trinajstić information content (AvgIpc) is 1.85. The lowest BCUT2D eigenvalue weighted by Crippen LogP contribution is -2.32. The minimum Gasteiger partial charge on any atom is -0.508 e. The van der Waals surface area contributed by atoms with Crippen LogP contribution in [0.5, 0.6) is 0 Å². The highest BCUT2D eigenvalue weighted by molar-refractivity contribution is 5.73. The summed E-state index contributed by atoms with van der Waals surface area (Å²) in [5, 5.41) is 11.7. The molecule has 1 aliphatic rings. The molecular formula is C8H11NO2. The molecule has 0 saturated carbocycles. The summed E-state index contributed by atoms with van der Waals surface area (Å²) in [5.74, 6) is 0.143. The highest BCUT2D eigenvalue weighted by Gasteiger charge is 2.08. The van der Waals surface area contributed by atoms with Gasteiger partial charge in [0.2, 0.25) is 5.91 Å². The summed E-state index contributed by atoms with van der Waals surface area (Å²) in [6.07, 6.45) is 5.83. The van der Waals surface area contributed by atoms with Crippen molar-refractivity contribution in [3.05, 3.63) is 24.0 Å². The molecule has 1 unspecified atom stereocenters. The minimum absolute atomic E-state index is 0.0440. The van der Waals surface area contributed by atoms with Crippen LogP contribution < -0.4 is 5.32 Å². The van der Waals surface area contributed by atoms with Gasteiger partial charge in [-0.25, -0.2) is 0 Å². The summed E-state index contributed by atoms with van der Waals surface area (Å²) in [5.41, 5.74) is 0. The molecule has 0 aromatic heterocycles. The Kier molecular flexibility index (Phi) is 2.31. The number of hydrogen-bond donors (Lipinski definition) is 2. The normalized spacial score (nSPS) is 22.6. The molecular weight excluding hydrogens is 142 g/mol. The summed E-state index contributed by atoms with van der Waals surface area (Å²) in [4.78, 5) is 10.6. The number of rotatable bonds is 1. The van der Waals surface area contributed by atoms with E-state index in [1.807, 2.05) is 6.08 Å². The van der Waals surface area contributed by atoms with Crippen molar-refractivity contribution in [2.24, 2.45) is 0 Å². The number of aliphatic hydroxyl groups is 1. The number of nitrogens with one attached hydrogen (secondary N) is 1. The summed E-state index contributed by atoms with van der Waals surface area (Å²) in [6.45, 7) is 1.46. The predicted octanol–water partition coefficient (Wildman–Crippen LogP) is 0.893. The van der Waals surface area contributed by atoms with Gasteiger partial charge in [-0.1, -0.05) is 6.08 Å². The van der Waals surface area contributed by atoms with Gasteiger partial charge in [-0.2, -0.15) is 0 Å². The van der Waals surface area contributed by atoms with E-state index in [9.17, 15) is 4.79 Å². The summed E-state index contributed by atoms with van der Waals surface area (Å²) in [6, 6.07) is -0.0440. The van der Waals surface area contributed by atoms with E-state index >= 15 is 0 Å². The van der Waals surface area contributed by atoms with Gasteiger partial charge in [0.05, 0.1) is 6.04 Å². The highest BCUT2D eigenvalue weighted by Crippen LogP contribution is 2.07. The second-order valence-corrected chi connectivity index (χ2v) is 2.54. The summed E-state index contributed by atoms with van der Waals surface area (Å²) in [7, 11) is 0. The molecule has 0 aromatic carbocycles. The van der Waals surface area contributed by atoms with Gasteiger partial charge in [0.25, 0.3) is 0 Å². The maximum Gasteiger partial charge on any atom is 0.217 e. The lowest BCUT2D eigenvalue weighted by atomic mass is 10.1.